The monoisotopic (exact) mass is 720 g/mol. The summed E-state index contributed by atoms with van der Waals surface area (Å²) in [6, 6.07) is 26.1. The predicted molar refractivity (Wildman–Crippen MR) is 233 cm³/mol. The first-order valence-corrected chi connectivity index (χ1v) is 24.0. The van der Waals surface area contributed by atoms with Crippen molar-refractivity contribution < 1.29 is 0 Å². The van der Waals surface area contributed by atoms with Gasteiger partial charge in [-0.25, -0.2) is 9.97 Å². The van der Waals surface area contributed by atoms with Crippen molar-refractivity contribution in [2.75, 3.05) is 0 Å². The summed E-state index contributed by atoms with van der Waals surface area (Å²) >= 11 is 0. The van der Waals surface area contributed by atoms with Crippen LogP contribution in [0.25, 0.3) is 44.3 Å². The molecule has 5 aromatic rings. The van der Waals surface area contributed by atoms with Crippen LogP contribution in [-0.4, -0.2) is 26.1 Å². The third-order valence-electron chi connectivity index (χ3n) is 12.0. The van der Waals surface area contributed by atoms with Gasteiger partial charge in [0.15, 0.2) is 0 Å². The summed E-state index contributed by atoms with van der Waals surface area (Å²) in [6.45, 7) is 32.8. The predicted octanol–water partition coefficient (Wildman–Crippen LogP) is 13.9. The molecule has 0 fully saturated rings. The maximum atomic E-state index is 5.66. The molecule has 0 saturated heterocycles. The molecule has 4 aromatic carbocycles. The Kier molecular flexibility index (Phi) is 11.7. The zero-order chi connectivity index (χ0) is 38.1. The zero-order valence-corrected chi connectivity index (χ0v) is 36.3. The second kappa shape index (κ2) is 15.6. The van der Waals surface area contributed by atoms with Crippen molar-refractivity contribution in [1.29, 1.82) is 0 Å². The number of aryl methyl sites for hydroxylation is 2. The van der Waals surface area contributed by atoms with E-state index in [4.69, 9.17) is 9.97 Å². The molecule has 1 aromatic heterocycles. The Morgan fingerprint density at radius 2 is 0.712 bits per heavy atom. The van der Waals surface area contributed by atoms with Crippen molar-refractivity contribution in [3.8, 4) is 45.4 Å². The largest absolute Gasteiger partial charge is 0.242 e. The van der Waals surface area contributed by atoms with Crippen LogP contribution in [0, 0.1) is 36.8 Å². The molecule has 2 nitrogen and oxygen atoms in total. The number of fused-ring (bicyclic) bond motifs is 2. The number of aromatic nitrogens is 2. The van der Waals surface area contributed by atoms with Gasteiger partial charge in [0.1, 0.15) is 27.2 Å². The maximum Gasteiger partial charge on any atom is 0.146 e. The molecule has 0 bridgehead atoms. The van der Waals surface area contributed by atoms with Crippen LogP contribution in [0.2, 0.25) is 33.2 Å². The average Bonchev–Trinajstić information content (AvgIpc) is 3.08. The summed E-state index contributed by atoms with van der Waals surface area (Å²) in [5.41, 5.74) is 21.2. The molecular weight excluding hydrogens is 661 g/mol. The lowest BCUT2D eigenvalue weighted by Crippen LogP contribution is -2.43. The van der Waals surface area contributed by atoms with E-state index in [0.717, 1.165) is 55.4 Å². The minimum absolute atomic E-state index is 0.520. The van der Waals surface area contributed by atoms with E-state index >= 15 is 0 Å². The Balaban J connectivity index is 2.04. The molecule has 0 spiro atoms. The van der Waals surface area contributed by atoms with Crippen LogP contribution in [0.15, 0.2) is 72.8 Å². The van der Waals surface area contributed by atoms with Gasteiger partial charge < -0.3 is 0 Å². The lowest BCUT2D eigenvalue weighted by molar-refractivity contribution is 0.838. The fourth-order valence-electron chi connectivity index (χ4n) is 9.24. The molecule has 0 amide bonds. The number of hydrogen-bond acceptors (Lipinski definition) is 2. The maximum absolute atomic E-state index is 5.66. The normalized spacial score (nSPS) is 12.4. The van der Waals surface area contributed by atoms with Gasteiger partial charge in [-0.1, -0.05) is 179 Å². The zero-order valence-electron chi connectivity index (χ0n) is 34.3. The van der Waals surface area contributed by atoms with Crippen molar-refractivity contribution in [2.45, 2.75) is 130 Å². The van der Waals surface area contributed by atoms with Crippen LogP contribution in [0.3, 0.4) is 0 Å². The Hall–Kier alpha value is -3.97. The molecule has 4 heteroatoms. The fourth-order valence-corrected chi connectivity index (χ4v) is 19.7. The Morgan fingerprint density at radius 3 is 0.981 bits per heavy atom. The van der Waals surface area contributed by atoms with Crippen molar-refractivity contribution in [1.82, 2.24) is 9.97 Å². The molecule has 0 aliphatic heterocycles. The van der Waals surface area contributed by atoms with Crippen LogP contribution >= 0.6 is 0 Å². The highest BCUT2D eigenvalue weighted by Gasteiger charge is 2.43. The van der Waals surface area contributed by atoms with Gasteiger partial charge in [0, 0.05) is 21.9 Å². The molecule has 0 radical (unpaired) electrons. The van der Waals surface area contributed by atoms with E-state index < -0.39 is 16.1 Å². The average molecular weight is 721 g/mol. The minimum Gasteiger partial charge on any atom is -0.242 e. The van der Waals surface area contributed by atoms with E-state index in [1.165, 1.54) is 11.1 Å². The summed E-state index contributed by atoms with van der Waals surface area (Å²) in [6.07, 6.45) is 0. The Labute approximate surface area is 317 Å². The summed E-state index contributed by atoms with van der Waals surface area (Å²) < 4.78 is 0. The van der Waals surface area contributed by atoms with Gasteiger partial charge in [-0.3, -0.25) is 0 Å². The van der Waals surface area contributed by atoms with E-state index in [2.05, 4.69) is 193 Å². The topological polar surface area (TPSA) is 25.8 Å². The molecule has 52 heavy (non-hydrogen) atoms. The van der Waals surface area contributed by atoms with E-state index in [9.17, 15) is 0 Å². The molecule has 0 saturated carbocycles. The molecule has 0 atom stereocenters. The lowest BCUT2D eigenvalue weighted by Gasteiger charge is -2.38. The molecule has 0 unspecified atom stereocenters. The van der Waals surface area contributed by atoms with Crippen LogP contribution < -0.4 is 0 Å². The van der Waals surface area contributed by atoms with Gasteiger partial charge in [0.05, 0.1) is 22.5 Å². The first-order valence-electron chi connectivity index (χ1n) is 19.5. The van der Waals surface area contributed by atoms with Crippen molar-refractivity contribution >= 4 is 38.0 Å². The highest BCUT2D eigenvalue weighted by Crippen LogP contribution is 2.43. The molecule has 0 N–H and O–H groups in total. The number of rotatable bonds is 8. The van der Waals surface area contributed by atoms with E-state index in [-0.39, 0.29) is 0 Å². The fraction of sp³-hybridized carbons (Fsp3) is 0.417. The van der Waals surface area contributed by atoms with Gasteiger partial charge in [-0.05, 0) is 47.1 Å². The van der Waals surface area contributed by atoms with Crippen LogP contribution in [-0.2, 0) is 0 Å². The molecule has 5 rings (SSSR count). The van der Waals surface area contributed by atoms with Crippen LogP contribution in [0.5, 0.6) is 0 Å². The first-order chi connectivity index (χ1) is 24.6. The number of nitrogens with zero attached hydrogens (tertiary/aromatic N) is 2. The van der Waals surface area contributed by atoms with Crippen LogP contribution in [0.4, 0.5) is 0 Å². The standard InChI is InChI=1S/C48H60N2Si2/c1-31(2)51(32(3)4,33(5)6)29-27-43-41-17-15-16-18-42(41)44(28-30-52(34(7)8,35(9)10)36(11)12)48-47(43)49-45(39-23-19-37(13)20-24-39)46(50-48)40-25-21-38(14)22-26-40/h15-26,31-36H,1-14H3. The van der Waals surface area contributed by atoms with Gasteiger partial charge in [-0.2, -0.15) is 0 Å². The second-order valence-electron chi connectivity index (χ2n) is 16.9. The van der Waals surface area contributed by atoms with Gasteiger partial charge in [0.25, 0.3) is 0 Å². The Morgan fingerprint density at radius 1 is 0.423 bits per heavy atom. The number of hydrogen-bond donors (Lipinski definition) is 0. The van der Waals surface area contributed by atoms with Crippen molar-refractivity contribution in [2.24, 2.45) is 0 Å². The highest BCUT2D eigenvalue weighted by atomic mass is 28.3. The van der Waals surface area contributed by atoms with Crippen molar-refractivity contribution in [3.05, 3.63) is 95.1 Å². The third kappa shape index (κ3) is 7.06. The molecular formula is C48H60N2Si2. The summed E-state index contributed by atoms with van der Waals surface area (Å²) in [4.78, 5) is 11.3. The highest BCUT2D eigenvalue weighted by molar-refractivity contribution is 6.91. The Bertz CT molecular complexity index is 1980. The molecule has 0 aliphatic rings. The van der Waals surface area contributed by atoms with E-state index in [1.807, 2.05) is 0 Å². The van der Waals surface area contributed by atoms with Crippen molar-refractivity contribution in [3.63, 3.8) is 0 Å². The summed E-state index contributed by atoms with van der Waals surface area (Å²) in [5.74, 6) is 7.79. The smallest absolute Gasteiger partial charge is 0.146 e. The SMILES string of the molecule is Cc1ccc(-c2nc3c(C#C[Si](C(C)C)(C(C)C)C(C)C)c4ccccc4c(C#C[Si](C(C)C)(C(C)C)C(C)C)c3nc2-c2ccc(C)cc2)cc1. The molecule has 1 heterocycles. The second-order valence-corrected chi connectivity index (χ2v) is 28.1. The lowest BCUT2D eigenvalue weighted by atomic mass is 9.95. The third-order valence-corrected chi connectivity index (χ3v) is 24.6. The molecule has 270 valence electrons. The van der Waals surface area contributed by atoms with Gasteiger partial charge in [-0.15, -0.1) is 11.1 Å². The molecule has 0 aliphatic carbocycles. The van der Waals surface area contributed by atoms with Gasteiger partial charge >= 0.3 is 0 Å². The van der Waals surface area contributed by atoms with E-state index in [1.54, 1.807) is 0 Å². The van der Waals surface area contributed by atoms with Gasteiger partial charge in [0.2, 0.25) is 0 Å². The first kappa shape index (κ1) is 39.2. The summed E-state index contributed by atoms with van der Waals surface area (Å²) in [7, 11) is -4.12. The summed E-state index contributed by atoms with van der Waals surface area (Å²) in [5, 5.41) is 2.23. The van der Waals surface area contributed by atoms with E-state index in [0.29, 0.717) is 33.2 Å². The minimum atomic E-state index is -2.06. The number of benzene rings is 4. The van der Waals surface area contributed by atoms with Crippen LogP contribution in [0.1, 0.15) is 105 Å². The quantitative estimate of drug-likeness (QED) is 0.0906.